The maximum absolute atomic E-state index is 4.38. The van der Waals surface area contributed by atoms with Gasteiger partial charge in [-0.1, -0.05) is 12.1 Å². The third-order valence-corrected chi connectivity index (χ3v) is 5.27. The van der Waals surface area contributed by atoms with Crippen LogP contribution in [0.15, 0.2) is 30.7 Å². The Hall–Kier alpha value is -1.82. The van der Waals surface area contributed by atoms with Crippen molar-refractivity contribution in [2.75, 3.05) is 40.3 Å². The Morgan fingerprint density at radius 3 is 2.38 bits per heavy atom. The summed E-state index contributed by atoms with van der Waals surface area (Å²) in [5.41, 5.74) is 6.66. The van der Waals surface area contributed by atoms with Crippen molar-refractivity contribution in [2.24, 2.45) is 0 Å². The molecule has 0 radical (unpaired) electrons. The Morgan fingerprint density at radius 1 is 0.962 bits per heavy atom. The molecule has 2 aromatic rings. The number of aryl methyl sites for hydroxylation is 2. The largest absolute Gasteiger partial charge is 0.304 e. The summed E-state index contributed by atoms with van der Waals surface area (Å²) < 4.78 is 0. The predicted octanol–water partition coefficient (Wildman–Crippen LogP) is 2.47. The van der Waals surface area contributed by atoms with Crippen molar-refractivity contribution < 1.29 is 0 Å². The van der Waals surface area contributed by atoms with E-state index in [0.717, 1.165) is 38.4 Å². The molecular formula is C21H31N5. The fraction of sp³-hybridized carbons (Fsp3) is 0.524. The van der Waals surface area contributed by atoms with Gasteiger partial charge in [-0.05, 0) is 50.2 Å². The molecule has 0 amide bonds. The molecular weight excluding hydrogens is 322 g/mol. The van der Waals surface area contributed by atoms with Crippen LogP contribution in [-0.4, -0.2) is 64.9 Å². The summed E-state index contributed by atoms with van der Waals surface area (Å²) in [6.45, 7) is 11.9. The summed E-state index contributed by atoms with van der Waals surface area (Å²) in [7, 11) is 4.35. The molecule has 0 aliphatic carbocycles. The zero-order chi connectivity index (χ0) is 18.5. The predicted molar refractivity (Wildman–Crippen MR) is 106 cm³/mol. The zero-order valence-electron chi connectivity index (χ0n) is 16.6. The number of hydrogen-bond donors (Lipinski definition) is 0. The maximum Gasteiger partial charge on any atom is 0.0726 e. The number of piperazine rings is 1. The van der Waals surface area contributed by atoms with E-state index in [1.165, 1.54) is 35.3 Å². The third-order valence-electron chi connectivity index (χ3n) is 5.27. The first-order chi connectivity index (χ1) is 12.5. The number of hydrogen-bond acceptors (Lipinski definition) is 5. The van der Waals surface area contributed by atoms with Crippen molar-refractivity contribution in [3.63, 3.8) is 0 Å². The second-order valence-electron chi connectivity index (χ2n) is 7.65. The summed E-state index contributed by atoms with van der Waals surface area (Å²) in [5, 5.41) is 0. The number of nitrogens with zero attached hydrogens (tertiary/aromatic N) is 5. The molecule has 0 atom stereocenters. The van der Waals surface area contributed by atoms with Gasteiger partial charge in [0.25, 0.3) is 0 Å². The quantitative estimate of drug-likeness (QED) is 0.797. The Balaban J connectivity index is 1.67. The van der Waals surface area contributed by atoms with Gasteiger partial charge < -0.3 is 4.90 Å². The van der Waals surface area contributed by atoms with Crippen molar-refractivity contribution in [2.45, 2.75) is 33.5 Å². The summed E-state index contributed by atoms with van der Waals surface area (Å²) in [6.07, 6.45) is 5.32. The molecule has 26 heavy (non-hydrogen) atoms. The van der Waals surface area contributed by atoms with Gasteiger partial charge in [0, 0.05) is 64.4 Å². The average Bonchev–Trinajstić information content (AvgIpc) is 2.62. The summed E-state index contributed by atoms with van der Waals surface area (Å²) in [6, 6.07) is 4.76. The van der Waals surface area contributed by atoms with E-state index in [1.54, 1.807) is 12.4 Å². The molecule has 1 aromatic heterocycles. The molecule has 0 bridgehead atoms. The van der Waals surface area contributed by atoms with Crippen molar-refractivity contribution in [1.29, 1.82) is 0 Å². The lowest BCUT2D eigenvalue weighted by atomic mass is 9.99. The van der Waals surface area contributed by atoms with E-state index in [9.17, 15) is 0 Å². The number of benzene rings is 1. The van der Waals surface area contributed by atoms with E-state index in [4.69, 9.17) is 0 Å². The van der Waals surface area contributed by atoms with Gasteiger partial charge in [-0.2, -0.15) is 0 Å². The van der Waals surface area contributed by atoms with Crippen molar-refractivity contribution in [3.8, 4) is 0 Å². The summed E-state index contributed by atoms with van der Waals surface area (Å²) in [5.74, 6) is 0. The standard InChI is InChI=1S/C21H31N5/c1-17-11-18(2)20(15-26-9-7-24(3)8-10-26)12-19(17)14-25(4)16-21-13-22-5-6-23-21/h5-6,11-13H,7-10,14-16H2,1-4H3. The van der Waals surface area contributed by atoms with Crippen molar-refractivity contribution >= 4 is 0 Å². The van der Waals surface area contributed by atoms with E-state index >= 15 is 0 Å². The van der Waals surface area contributed by atoms with Gasteiger partial charge in [0.15, 0.2) is 0 Å². The lowest BCUT2D eigenvalue weighted by Gasteiger charge is -2.33. The second-order valence-corrected chi connectivity index (χ2v) is 7.65. The molecule has 5 heteroatoms. The fourth-order valence-corrected chi connectivity index (χ4v) is 3.57. The first-order valence-corrected chi connectivity index (χ1v) is 9.44. The maximum atomic E-state index is 4.38. The van der Waals surface area contributed by atoms with Gasteiger partial charge in [-0.15, -0.1) is 0 Å². The van der Waals surface area contributed by atoms with Crippen molar-refractivity contribution in [3.05, 3.63) is 58.7 Å². The molecule has 0 unspecified atom stereocenters. The van der Waals surface area contributed by atoms with Gasteiger partial charge >= 0.3 is 0 Å². The highest BCUT2D eigenvalue weighted by atomic mass is 15.2. The molecule has 0 N–H and O–H groups in total. The first kappa shape index (κ1) is 19.0. The minimum atomic E-state index is 0.814. The van der Waals surface area contributed by atoms with Gasteiger partial charge in [-0.3, -0.25) is 19.8 Å². The van der Waals surface area contributed by atoms with Crippen LogP contribution >= 0.6 is 0 Å². The highest BCUT2D eigenvalue weighted by Crippen LogP contribution is 2.20. The van der Waals surface area contributed by atoms with E-state index < -0.39 is 0 Å². The monoisotopic (exact) mass is 353 g/mol. The van der Waals surface area contributed by atoms with Crippen LogP contribution in [0.4, 0.5) is 0 Å². The highest BCUT2D eigenvalue weighted by molar-refractivity contribution is 5.37. The first-order valence-electron chi connectivity index (χ1n) is 9.44. The topological polar surface area (TPSA) is 35.5 Å². The van der Waals surface area contributed by atoms with Crippen LogP contribution < -0.4 is 0 Å². The van der Waals surface area contributed by atoms with Crippen LogP contribution in [0.2, 0.25) is 0 Å². The smallest absolute Gasteiger partial charge is 0.0726 e. The SMILES string of the molecule is Cc1cc(C)c(CN2CCN(C)CC2)cc1CN(C)Cc1cnccn1. The van der Waals surface area contributed by atoms with Gasteiger partial charge in [-0.25, -0.2) is 0 Å². The Labute approximate surface area is 157 Å². The van der Waals surface area contributed by atoms with E-state index in [2.05, 4.69) is 64.7 Å². The second kappa shape index (κ2) is 8.71. The number of aromatic nitrogens is 2. The van der Waals surface area contributed by atoms with Crippen molar-refractivity contribution in [1.82, 2.24) is 24.7 Å². The van der Waals surface area contributed by atoms with Crippen LogP contribution in [0.25, 0.3) is 0 Å². The van der Waals surface area contributed by atoms with Crippen LogP contribution in [0.1, 0.15) is 27.9 Å². The molecule has 0 spiro atoms. The van der Waals surface area contributed by atoms with Gasteiger partial charge in [0.05, 0.1) is 5.69 Å². The fourth-order valence-electron chi connectivity index (χ4n) is 3.57. The van der Waals surface area contributed by atoms with Gasteiger partial charge in [0.1, 0.15) is 0 Å². The minimum Gasteiger partial charge on any atom is -0.304 e. The Bertz CT molecular complexity index is 708. The van der Waals surface area contributed by atoms with E-state index in [1.807, 2.05) is 6.20 Å². The molecule has 2 heterocycles. The molecule has 1 aliphatic rings. The Morgan fingerprint density at radius 2 is 1.69 bits per heavy atom. The normalized spacial score (nSPS) is 16.3. The molecule has 0 saturated carbocycles. The molecule has 5 nitrogen and oxygen atoms in total. The lowest BCUT2D eigenvalue weighted by molar-refractivity contribution is 0.148. The zero-order valence-corrected chi connectivity index (χ0v) is 16.6. The van der Waals surface area contributed by atoms with E-state index in [-0.39, 0.29) is 0 Å². The van der Waals surface area contributed by atoms with Crippen LogP contribution in [0, 0.1) is 13.8 Å². The highest BCUT2D eigenvalue weighted by Gasteiger charge is 2.16. The lowest BCUT2D eigenvalue weighted by Crippen LogP contribution is -2.44. The average molecular weight is 354 g/mol. The van der Waals surface area contributed by atoms with E-state index in [0.29, 0.717) is 0 Å². The number of rotatable bonds is 6. The molecule has 1 aliphatic heterocycles. The van der Waals surface area contributed by atoms with Crippen LogP contribution in [0.3, 0.4) is 0 Å². The minimum absolute atomic E-state index is 0.814. The number of likely N-dealkylation sites (N-methyl/N-ethyl adjacent to an activating group) is 1. The summed E-state index contributed by atoms with van der Waals surface area (Å²) in [4.78, 5) is 15.8. The van der Waals surface area contributed by atoms with Crippen LogP contribution in [0.5, 0.6) is 0 Å². The molecule has 3 rings (SSSR count). The molecule has 1 fully saturated rings. The summed E-state index contributed by atoms with van der Waals surface area (Å²) >= 11 is 0. The molecule has 140 valence electrons. The molecule has 1 aromatic carbocycles. The Kier molecular flexibility index (Phi) is 6.35. The van der Waals surface area contributed by atoms with Gasteiger partial charge in [0.2, 0.25) is 0 Å². The van der Waals surface area contributed by atoms with Crippen LogP contribution in [-0.2, 0) is 19.6 Å². The molecule has 1 saturated heterocycles. The third kappa shape index (κ3) is 5.10.